The Hall–Kier alpha value is -1.15. The number of nitrogens with one attached hydrogen (secondary N) is 1. The van der Waals surface area contributed by atoms with Crippen LogP contribution in [0, 0.1) is 0 Å². The maximum atomic E-state index is 4.41. The Morgan fingerprint density at radius 3 is 2.43 bits per heavy atom. The number of H-pyrrole nitrogens is 1. The van der Waals surface area contributed by atoms with Crippen LogP contribution in [0.25, 0.3) is 0 Å². The summed E-state index contributed by atoms with van der Waals surface area (Å²) >= 11 is 4.41. The number of hydrogen-bond donors (Lipinski definition) is 2. The molecule has 1 heterocycles. The lowest BCUT2D eigenvalue weighted by molar-refractivity contribution is 0.903. The van der Waals surface area contributed by atoms with E-state index in [0.29, 0.717) is 5.92 Å². The van der Waals surface area contributed by atoms with E-state index < -0.39 is 0 Å². The standard InChI is InChI=1S/C12H13NS/c1-9(10-5-3-2-4-6-10)11-7-13-8-12(11)14/h2-9,13-14H,1H3. The van der Waals surface area contributed by atoms with Crippen molar-refractivity contribution in [2.75, 3.05) is 0 Å². The van der Waals surface area contributed by atoms with E-state index in [2.05, 4.69) is 48.8 Å². The molecule has 72 valence electrons. The van der Waals surface area contributed by atoms with Crippen molar-refractivity contribution in [1.29, 1.82) is 0 Å². The summed E-state index contributed by atoms with van der Waals surface area (Å²) in [5.74, 6) is 0.398. The Morgan fingerprint density at radius 1 is 1.14 bits per heavy atom. The highest BCUT2D eigenvalue weighted by molar-refractivity contribution is 7.80. The molecule has 0 saturated carbocycles. The van der Waals surface area contributed by atoms with Gasteiger partial charge in [-0.25, -0.2) is 0 Å². The Morgan fingerprint density at radius 2 is 1.86 bits per heavy atom. The van der Waals surface area contributed by atoms with E-state index in [0.717, 1.165) is 4.90 Å². The Kier molecular flexibility index (Phi) is 2.64. The van der Waals surface area contributed by atoms with Gasteiger partial charge in [0.05, 0.1) is 0 Å². The molecule has 0 fully saturated rings. The van der Waals surface area contributed by atoms with E-state index >= 15 is 0 Å². The summed E-state index contributed by atoms with van der Waals surface area (Å²) in [7, 11) is 0. The third kappa shape index (κ3) is 1.70. The van der Waals surface area contributed by atoms with Gasteiger partial charge in [-0.15, -0.1) is 12.6 Å². The third-order valence-corrected chi connectivity index (χ3v) is 2.91. The Bertz CT molecular complexity index is 405. The van der Waals surface area contributed by atoms with Gasteiger partial charge in [0.25, 0.3) is 0 Å². The van der Waals surface area contributed by atoms with Crippen LogP contribution in [0.15, 0.2) is 47.6 Å². The first-order valence-electron chi connectivity index (χ1n) is 4.69. The van der Waals surface area contributed by atoms with Crippen molar-refractivity contribution in [3.8, 4) is 0 Å². The van der Waals surface area contributed by atoms with Gasteiger partial charge < -0.3 is 4.98 Å². The van der Waals surface area contributed by atoms with Crippen molar-refractivity contribution >= 4 is 12.6 Å². The highest BCUT2D eigenvalue weighted by Crippen LogP contribution is 2.28. The van der Waals surface area contributed by atoms with Crippen LogP contribution < -0.4 is 0 Å². The van der Waals surface area contributed by atoms with Crippen molar-refractivity contribution < 1.29 is 0 Å². The largest absolute Gasteiger partial charge is 0.366 e. The Labute approximate surface area is 89.6 Å². The number of benzene rings is 1. The van der Waals surface area contributed by atoms with Crippen LogP contribution in [0.2, 0.25) is 0 Å². The van der Waals surface area contributed by atoms with E-state index in [4.69, 9.17) is 0 Å². The van der Waals surface area contributed by atoms with E-state index in [1.807, 2.05) is 18.5 Å². The molecule has 1 nitrogen and oxygen atoms in total. The Balaban J connectivity index is 2.34. The maximum Gasteiger partial charge on any atom is 0.0253 e. The fraction of sp³-hybridized carbons (Fsp3) is 0.167. The van der Waals surface area contributed by atoms with E-state index in [1.54, 1.807) is 0 Å². The normalized spacial score (nSPS) is 12.7. The molecule has 1 aromatic heterocycles. The predicted molar refractivity (Wildman–Crippen MR) is 62.0 cm³/mol. The SMILES string of the molecule is CC(c1ccccc1)c1c[nH]cc1S. The molecule has 0 bridgehead atoms. The van der Waals surface area contributed by atoms with E-state index in [-0.39, 0.29) is 0 Å². The van der Waals surface area contributed by atoms with E-state index in [1.165, 1.54) is 11.1 Å². The average Bonchev–Trinajstić information content (AvgIpc) is 2.65. The predicted octanol–water partition coefficient (Wildman–Crippen LogP) is 3.46. The molecule has 0 amide bonds. The molecule has 2 aromatic rings. The van der Waals surface area contributed by atoms with Gasteiger partial charge in [-0.05, 0) is 11.1 Å². The first-order valence-corrected chi connectivity index (χ1v) is 5.14. The van der Waals surface area contributed by atoms with Gasteiger partial charge in [0, 0.05) is 23.2 Å². The van der Waals surface area contributed by atoms with Crippen LogP contribution in [0.5, 0.6) is 0 Å². The van der Waals surface area contributed by atoms with Crippen LogP contribution >= 0.6 is 12.6 Å². The monoisotopic (exact) mass is 203 g/mol. The summed E-state index contributed by atoms with van der Waals surface area (Å²) < 4.78 is 0. The molecule has 1 unspecified atom stereocenters. The zero-order chi connectivity index (χ0) is 9.97. The van der Waals surface area contributed by atoms with Gasteiger partial charge in [0.2, 0.25) is 0 Å². The molecule has 1 atom stereocenters. The smallest absolute Gasteiger partial charge is 0.0253 e. The molecule has 14 heavy (non-hydrogen) atoms. The number of aromatic amines is 1. The van der Waals surface area contributed by atoms with Crippen LogP contribution in [-0.4, -0.2) is 4.98 Å². The second kappa shape index (κ2) is 3.93. The van der Waals surface area contributed by atoms with Crippen LogP contribution in [-0.2, 0) is 0 Å². The van der Waals surface area contributed by atoms with Gasteiger partial charge in [-0.2, -0.15) is 0 Å². The van der Waals surface area contributed by atoms with Crippen LogP contribution in [0.1, 0.15) is 24.0 Å². The van der Waals surface area contributed by atoms with Crippen molar-refractivity contribution in [1.82, 2.24) is 4.98 Å². The molecule has 0 saturated heterocycles. The molecule has 1 N–H and O–H groups in total. The molecule has 0 radical (unpaired) electrons. The molecule has 2 heteroatoms. The summed E-state index contributed by atoms with van der Waals surface area (Å²) in [5, 5.41) is 0. The molecule has 0 aliphatic heterocycles. The lowest BCUT2D eigenvalue weighted by Crippen LogP contribution is -1.94. The zero-order valence-electron chi connectivity index (χ0n) is 8.07. The van der Waals surface area contributed by atoms with E-state index in [9.17, 15) is 0 Å². The number of rotatable bonds is 2. The summed E-state index contributed by atoms with van der Waals surface area (Å²) in [5.41, 5.74) is 2.57. The van der Waals surface area contributed by atoms with Gasteiger partial charge in [-0.3, -0.25) is 0 Å². The number of hydrogen-bond acceptors (Lipinski definition) is 1. The second-order valence-corrected chi connectivity index (χ2v) is 3.91. The molecule has 2 rings (SSSR count). The lowest BCUT2D eigenvalue weighted by atomic mass is 9.95. The maximum absolute atomic E-state index is 4.41. The van der Waals surface area contributed by atoms with Crippen molar-refractivity contribution in [2.24, 2.45) is 0 Å². The minimum atomic E-state index is 0.398. The van der Waals surface area contributed by atoms with Crippen LogP contribution in [0.3, 0.4) is 0 Å². The fourth-order valence-electron chi connectivity index (χ4n) is 1.64. The topological polar surface area (TPSA) is 15.8 Å². The minimum absolute atomic E-state index is 0.398. The summed E-state index contributed by atoms with van der Waals surface area (Å²) in [6, 6.07) is 10.5. The first kappa shape index (κ1) is 9.41. The third-order valence-electron chi connectivity index (χ3n) is 2.52. The summed E-state index contributed by atoms with van der Waals surface area (Å²) in [4.78, 5) is 4.10. The van der Waals surface area contributed by atoms with Crippen LogP contribution in [0.4, 0.5) is 0 Å². The zero-order valence-corrected chi connectivity index (χ0v) is 8.96. The minimum Gasteiger partial charge on any atom is -0.366 e. The first-order chi connectivity index (χ1) is 6.79. The fourth-order valence-corrected chi connectivity index (χ4v) is 1.97. The molecular weight excluding hydrogens is 190 g/mol. The van der Waals surface area contributed by atoms with Gasteiger partial charge in [-0.1, -0.05) is 37.3 Å². The molecule has 0 aliphatic carbocycles. The van der Waals surface area contributed by atoms with Crippen molar-refractivity contribution in [3.05, 3.63) is 53.9 Å². The average molecular weight is 203 g/mol. The molecule has 0 aliphatic rings. The highest BCUT2D eigenvalue weighted by atomic mass is 32.1. The highest BCUT2D eigenvalue weighted by Gasteiger charge is 2.10. The van der Waals surface area contributed by atoms with Crippen molar-refractivity contribution in [2.45, 2.75) is 17.7 Å². The number of thiol groups is 1. The number of aromatic nitrogens is 1. The van der Waals surface area contributed by atoms with Crippen molar-refractivity contribution in [3.63, 3.8) is 0 Å². The quantitative estimate of drug-likeness (QED) is 0.695. The summed E-state index contributed by atoms with van der Waals surface area (Å²) in [6.45, 7) is 2.19. The lowest BCUT2D eigenvalue weighted by Gasteiger charge is -2.10. The van der Waals surface area contributed by atoms with Gasteiger partial charge >= 0.3 is 0 Å². The van der Waals surface area contributed by atoms with Gasteiger partial charge in [0.15, 0.2) is 0 Å². The summed E-state index contributed by atoms with van der Waals surface area (Å²) in [6.07, 6.45) is 3.93. The molecule has 1 aromatic carbocycles. The second-order valence-electron chi connectivity index (χ2n) is 3.43. The molecular formula is C12H13NS. The van der Waals surface area contributed by atoms with Gasteiger partial charge in [0.1, 0.15) is 0 Å². The molecule has 0 spiro atoms.